The van der Waals surface area contributed by atoms with Crippen LogP contribution < -0.4 is 11.1 Å². The first-order valence-corrected chi connectivity index (χ1v) is 3.88. The molecule has 0 atom stereocenters. The number of hydrogen-bond donors (Lipinski definition) is 2. The largest absolute Gasteiger partial charge is 0.388 e. The Morgan fingerprint density at radius 1 is 1.64 bits per heavy atom. The van der Waals surface area contributed by atoms with Crippen molar-refractivity contribution in [2.45, 2.75) is 26.7 Å². The van der Waals surface area contributed by atoms with Gasteiger partial charge in [-0.1, -0.05) is 13.3 Å². The fourth-order valence-corrected chi connectivity index (χ4v) is 0.727. The molecule has 0 aliphatic carbocycles. The lowest BCUT2D eigenvalue weighted by Gasteiger charge is -2.03. The SMILES string of the molecule is CCCCN/C(C)=C\C(N)=O. The third kappa shape index (κ3) is 6.90. The quantitative estimate of drug-likeness (QED) is 0.456. The predicted molar refractivity (Wildman–Crippen MR) is 45.9 cm³/mol. The molecule has 0 saturated carbocycles. The van der Waals surface area contributed by atoms with Crippen molar-refractivity contribution in [1.29, 1.82) is 0 Å². The molecule has 0 radical (unpaired) electrons. The van der Waals surface area contributed by atoms with E-state index in [0.29, 0.717) is 0 Å². The molecule has 0 aliphatic heterocycles. The predicted octanol–water partition coefficient (Wildman–Crippen LogP) is 0.765. The Hall–Kier alpha value is -0.990. The summed E-state index contributed by atoms with van der Waals surface area (Å²) in [5, 5.41) is 3.08. The van der Waals surface area contributed by atoms with Crippen LogP contribution in [0, 0.1) is 0 Å². The van der Waals surface area contributed by atoms with Crippen LogP contribution in [0.2, 0.25) is 0 Å². The summed E-state index contributed by atoms with van der Waals surface area (Å²) in [5.41, 5.74) is 5.78. The van der Waals surface area contributed by atoms with Crippen LogP contribution in [0.25, 0.3) is 0 Å². The van der Waals surface area contributed by atoms with E-state index in [-0.39, 0.29) is 0 Å². The summed E-state index contributed by atoms with van der Waals surface area (Å²) in [6.45, 7) is 4.86. The summed E-state index contributed by atoms with van der Waals surface area (Å²) in [6.07, 6.45) is 3.66. The number of carbonyl (C=O) groups is 1. The maximum absolute atomic E-state index is 10.3. The maximum Gasteiger partial charge on any atom is 0.243 e. The first kappa shape index (κ1) is 10.0. The first-order chi connectivity index (χ1) is 5.16. The number of amides is 1. The summed E-state index contributed by atoms with van der Waals surface area (Å²) in [6, 6.07) is 0. The van der Waals surface area contributed by atoms with Crippen LogP contribution in [0.3, 0.4) is 0 Å². The second kappa shape index (κ2) is 5.77. The number of unbranched alkanes of at least 4 members (excludes halogenated alkanes) is 1. The van der Waals surface area contributed by atoms with Crippen molar-refractivity contribution in [1.82, 2.24) is 5.32 Å². The molecule has 0 aliphatic rings. The molecular formula is C8H16N2O. The van der Waals surface area contributed by atoms with E-state index in [2.05, 4.69) is 12.2 Å². The highest BCUT2D eigenvalue weighted by atomic mass is 16.1. The Balaban J connectivity index is 3.51. The average molecular weight is 156 g/mol. The number of carbonyl (C=O) groups excluding carboxylic acids is 1. The van der Waals surface area contributed by atoms with Gasteiger partial charge in [-0.25, -0.2) is 0 Å². The minimum atomic E-state index is -0.397. The monoisotopic (exact) mass is 156 g/mol. The molecule has 0 heterocycles. The summed E-state index contributed by atoms with van der Waals surface area (Å²) < 4.78 is 0. The number of rotatable bonds is 5. The van der Waals surface area contributed by atoms with Crippen molar-refractivity contribution in [3.63, 3.8) is 0 Å². The van der Waals surface area contributed by atoms with E-state index >= 15 is 0 Å². The van der Waals surface area contributed by atoms with E-state index < -0.39 is 5.91 Å². The van der Waals surface area contributed by atoms with Crippen molar-refractivity contribution in [3.8, 4) is 0 Å². The van der Waals surface area contributed by atoms with E-state index in [1.54, 1.807) is 0 Å². The summed E-state index contributed by atoms with van der Waals surface area (Å²) >= 11 is 0. The molecule has 64 valence electrons. The molecule has 3 heteroatoms. The van der Waals surface area contributed by atoms with Crippen LogP contribution in [0.4, 0.5) is 0 Å². The average Bonchev–Trinajstić information content (AvgIpc) is 1.86. The van der Waals surface area contributed by atoms with Gasteiger partial charge in [0.05, 0.1) is 0 Å². The fourth-order valence-electron chi connectivity index (χ4n) is 0.727. The van der Waals surface area contributed by atoms with Gasteiger partial charge in [-0.3, -0.25) is 4.79 Å². The highest BCUT2D eigenvalue weighted by Crippen LogP contribution is 1.88. The maximum atomic E-state index is 10.3. The Morgan fingerprint density at radius 3 is 2.73 bits per heavy atom. The standard InChI is InChI=1S/C8H16N2O/c1-3-4-5-10-7(2)6-8(9)11/h6,10H,3-5H2,1-2H3,(H2,9,11)/b7-6-. The number of hydrogen-bond acceptors (Lipinski definition) is 2. The first-order valence-electron chi connectivity index (χ1n) is 3.88. The molecule has 0 aromatic carbocycles. The molecule has 0 aromatic heterocycles. The van der Waals surface area contributed by atoms with Crippen LogP contribution in [0.1, 0.15) is 26.7 Å². The number of allylic oxidation sites excluding steroid dienone is 1. The molecule has 3 nitrogen and oxygen atoms in total. The Morgan fingerprint density at radius 2 is 2.27 bits per heavy atom. The lowest BCUT2D eigenvalue weighted by Crippen LogP contribution is -2.16. The summed E-state index contributed by atoms with van der Waals surface area (Å²) in [7, 11) is 0. The van der Waals surface area contributed by atoms with Crippen molar-refractivity contribution in [3.05, 3.63) is 11.8 Å². The highest BCUT2D eigenvalue weighted by Gasteiger charge is 1.89. The third-order valence-electron chi connectivity index (χ3n) is 1.29. The zero-order valence-corrected chi connectivity index (χ0v) is 7.18. The number of primary amides is 1. The van der Waals surface area contributed by atoms with Gasteiger partial charge in [0.15, 0.2) is 0 Å². The van der Waals surface area contributed by atoms with E-state index in [4.69, 9.17) is 5.73 Å². The summed E-state index contributed by atoms with van der Waals surface area (Å²) in [5.74, 6) is -0.397. The Bertz CT molecular complexity index is 152. The van der Waals surface area contributed by atoms with Crippen molar-refractivity contribution >= 4 is 5.91 Å². The van der Waals surface area contributed by atoms with Crippen LogP contribution >= 0.6 is 0 Å². The molecule has 0 bridgehead atoms. The summed E-state index contributed by atoms with van der Waals surface area (Å²) in [4.78, 5) is 10.3. The molecular weight excluding hydrogens is 140 g/mol. The van der Waals surface area contributed by atoms with Crippen LogP contribution in [0.5, 0.6) is 0 Å². The molecule has 0 rings (SSSR count). The van der Waals surface area contributed by atoms with Crippen molar-refractivity contribution in [2.75, 3.05) is 6.54 Å². The van der Waals surface area contributed by atoms with Gasteiger partial charge in [0.1, 0.15) is 0 Å². The van der Waals surface area contributed by atoms with E-state index in [1.807, 2.05) is 6.92 Å². The van der Waals surface area contributed by atoms with Gasteiger partial charge in [-0.2, -0.15) is 0 Å². The topological polar surface area (TPSA) is 55.1 Å². The minimum absolute atomic E-state index is 0.397. The van der Waals surface area contributed by atoms with Crippen LogP contribution in [0.15, 0.2) is 11.8 Å². The molecule has 0 spiro atoms. The molecule has 0 saturated heterocycles. The molecule has 0 fully saturated rings. The normalized spacial score (nSPS) is 11.3. The molecule has 1 amide bonds. The van der Waals surface area contributed by atoms with Gasteiger partial charge in [0, 0.05) is 18.3 Å². The minimum Gasteiger partial charge on any atom is -0.388 e. The van der Waals surface area contributed by atoms with Crippen LogP contribution in [-0.2, 0) is 4.79 Å². The fraction of sp³-hybridized carbons (Fsp3) is 0.625. The van der Waals surface area contributed by atoms with E-state index in [9.17, 15) is 4.79 Å². The van der Waals surface area contributed by atoms with Gasteiger partial charge in [-0.15, -0.1) is 0 Å². The van der Waals surface area contributed by atoms with Gasteiger partial charge in [-0.05, 0) is 13.3 Å². The lowest BCUT2D eigenvalue weighted by atomic mass is 10.3. The second-order valence-corrected chi connectivity index (χ2v) is 2.51. The molecule has 3 N–H and O–H groups in total. The zero-order valence-electron chi connectivity index (χ0n) is 7.18. The van der Waals surface area contributed by atoms with Gasteiger partial charge in [0.2, 0.25) is 5.91 Å². The van der Waals surface area contributed by atoms with Gasteiger partial charge < -0.3 is 11.1 Å². The van der Waals surface area contributed by atoms with Crippen LogP contribution in [-0.4, -0.2) is 12.5 Å². The van der Waals surface area contributed by atoms with E-state index in [1.165, 1.54) is 6.08 Å². The second-order valence-electron chi connectivity index (χ2n) is 2.51. The highest BCUT2D eigenvalue weighted by molar-refractivity contribution is 5.86. The Labute approximate surface area is 67.7 Å². The molecule has 0 unspecified atom stereocenters. The smallest absolute Gasteiger partial charge is 0.243 e. The van der Waals surface area contributed by atoms with Gasteiger partial charge >= 0.3 is 0 Å². The van der Waals surface area contributed by atoms with E-state index in [0.717, 1.165) is 25.1 Å². The number of nitrogens with two attached hydrogens (primary N) is 1. The number of nitrogens with one attached hydrogen (secondary N) is 1. The van der Waals surface area contributed by atoms with Crippen molar-refractivity contribution < 1.29 is 4.79 Å². The molecule has 11 heavy (non-hydrogen) atoms. The third-order valence-corrected chi connectivity index (χ3v) is 1.29. The lowest BCUT2D eigenvalue weighted by molar-refractivity contribution is -0.113. The Kier molecular flexibility index (Phi) is 5.25. The van der Waals surface area contributed by atoms with Crippen molar-refractivity contribution in [2.24, 2.45) is 5.73 Å². The van der Waals surface area contributed by atoms with Gasteiger partial charge in [0.25, 0.3) is 0 Å². The molecule has 0 aromatic rings. The zero-order chi connectivity index (χ0) is 8.69.